The van der Waals surface area contributed by atoms with Crippen molar-refractivity contribution < 1.29 is 23.9 Å². The number of esters is 1. The molecule has 0 radical (unpaired) electrons. The summed E-state index contributed by atoms with van der Waals surface area (Å²) in [5.74, 6) is -0.758. The van der Waals surface area contributed by atoms with Crippen molar-refractivity contribution in [2.24, 2.45) is 11.3 Å². The Hall–Kier alpha value is -2.16. The number of rotatable bonds is 3. The Bertz CT molecular complexity index is 751. The minimum Gasteiger partial charge on any atom is -0.466 e. The molecule has 1 spiro atoms. The van der Waals surface area contributed by atoms with E-state index in [1.165, 1.54) is 11.3 Å². The van der Waals surface area contributed by atoms with Gasteiger partial charge < -0.3 is 19.3 Å². The molecule has 1 unspecified atom stereocenters. The predicted molar refractivity (Wildman–Crippen MR) is 108 cm³/mol. The van der Waals surface area contributed by atoms with E-state index in [1.807, 2.05) is 20.8 Å². The van der Waals surface area contributed by atoms with Gasteiger partial charge in [-0.25, -0.2) is 4.79 Å². The summed E-state index contributed by atoms with van der Waals surface area (Å²) in [5, 5.41) is 0. The van der Waals surface area contributed by atoms with E-state index in [-0.39, 0.29) is 29.3 Å². The fourth-order valence-corrected chi connectivity index (χ4v) is 4.72. The molecule has 2 aliphatic rings. The SMILES string of the molecule is CCOC(=O)C1CN(C(=O)c2cncs2)CC12CCN(C(=O)OC(C)(C)C)CC2. The molecule has 8 nitrogen and oxygen atoms in total. The molecule has 0 bridgehead atoms. The number of piperidine rings is 1. The van der Waals surface area contributed by atoms with E-state index in [2.05, 4.69) is 4.98 Å². The Kier molecular flexibility index (Phi) is 6.16. The van der Waals surface area contributed by atoms with Crippen LogP contribution in [0.5, 0.6) is 0 Å². The van der Waals surface area contributed by atoms with E-state index in [0.717, 1.165) is 0 Å². The number of thiazole rings is 1. The summed E-state index contributed by atoms with van der Waals surface area (Å²) in [5.41, 5.74) is 0.692. The highest BCUT2D eigenvalue weighted by Gasteiger charge is 2.53. The first-order valence-electron chi connectivity index (χ1n) is 9.97. The second kappa shape index (κ2) is 8.30. The highest BCUT2D eigenvalue weighted by atomic mass is 32.1. The van der Waals surface area contributed by atoms with Crippen LogP contribution in [-0.2, 0) is 14.3 Å². The fourth-order valence-electron chi connectivity index (χ4n) is 4.14. The highest BCUT2D eigenvalue weighted by molar-refractivity contribution is 7.11. The van der Waals surface area contributed by atoms with Gasteiger partial charge in [0.2, 0.25) is 0 Å². The maximum absolute atomic E-state index is 12.8. The van der Waals surface area contributed by atoms with Crippen LogP contribution in [0.25, 0.3) is 0 Å². The van der Waals surface area contributed by atoms with Crippen LogP contribution in [0, 0.1) is 11.3 Å². The minimum atomic E-state index is -0.551. The molecule has 0 aliphatic carbocycles. The van der Waals surface area contributed by atoms with Crippen LogP contribution in [0.15, 0.2) is 11.7 Å². The van der Waals surface area contributed by atoms with Crippen molar-refractivity contribution in [3.05, 3.63) is 16.6 Å². The average Bonchev–Trinajstić information content (AvgIpc) is 3.29. The molecular weight excluding hydrogens is 394 g/mol. The number of amides is 2. The number of nitrogens with zero attached hydrogens (tertiary/aromatic N) is 3. The van der Waals surface area contributed by atoms with Gasteiger partial charge in [-0.05, 0) is 40.5 Å². The fraction of sp³-hybridized carbons (Fsp3) is 0.700. The van der Waals surface area contributed by atoms with E-state index in [4.69, 9.17) is 9.47 Å². The molecule has 9 heteroatoms. The van der Waals surface area contributed by atoms with Gasteiger partial charge in [0.1, 0.15) is 10.5 Å². The molecule has 0 saturated carbocycles. The lowest BCUT2D eigenvalue weighted by Crippen LogP contribution is -2.49. The summed E-state index contributed by atoms with van der Waals surface area (Å²) in [6.07, 6.45) is 2.47. The zero-order valence-electron chi connectivity index (χ0n) is 17.5. The summed E-state index contributed by atoms with van der Waals surface area (Å²) in [6.45, 7) is 9.41. The van der Waals surface area contributed by atoms with Gasteiger partial charge in [-0.2, -0.15) is 0 Å². The molecule has 2 aliphatic heterocycles. The number of hydrogen-bond acceptors (Lipinski definition) is 7. The third-order valence-corrected chi connectivity index (χ3v) is 6.32. The van der Waals surface area contributed by atoms with Crippen LogP contribution in [0.3, 0.4) is 0 Å². The summed E-state index contributed by atoms with van der Waals surface area (Å²) in [4.78, 5) is 45.9. The van der Waals surface area contributed by atoms with E-state index >= 15 is 0 Å². The summed E-state index contributed by atoms with van der Waals surface area (Å²) in [7, 11) is 0. The quantitative estimate of drug-likeness (QED) is 0.695. The van der Waals surface area contributed by atoms with E-state index in [1.54, 1.807) is 28.4 Å². The molecule has 0 N–H and O–H groups in total. The minimum absolute atomic E-state index is 0.103. The lowest BCUT2D eigenvalue weighted by Gasteiger charge is -2.41. The maximum atomic E-state index is 12.8. The standard InChI is InChI=1S/C20H29N3O5S/c1-5-27-17(25)14-11-23(16(24)15-10-21-13-29-15)12-20(14)6-8-22(9-7-20)18(26)28-19(2,3)4/h10,13-14H,5-9,11-12H2,1-4H3. The van der Waals surface area contributed by atoms with Gasteiger partial charge in [-0.3, -0.25) is 14.6 Å². The number of carbonyl (C=O) groups excluding carboxylic acids is 3. The van der Waals surface area contributed by atoms with Crippen molar-refractivity contribution in [3.8, 4) is 0 Å². The maximum Gasteiger partial charge on any atom is 0.410 e. The molecule has 1 aromatic rings. The number of ether oxygens (including phenoxy) is 2. The van der Waals surface area contributed by atoms with E-state index in [0.29, 0.717) is 50.5 Å². The Morgan fingerprint density at radius 1 is 1.24 bits per heavy atom. The van der Waals surface area contributed by atoms with Gasteiger partial charge in [0, 0.05) is 31.6 Å². The molecule has 3 heterocycles. The summed E-state index contributed by atoms with van der Waals surface area (Å²) >= 11 is 1.29. The number of aromatic nitrogens is 1. The van der Waals surface area contributed by atoms with Gasteiger partial charge in [0.05, 0.1) is 24.2 Å². The molecule has 29 heavy (non-hydrogen) atoms. The first-order valence-corrected chi connectivity index (χ1v) is 10.9. The number of likely N-dealkylation sites (tertiary alicyclic amines) is 2. The van der Waals surface area contributed by atoms with Gasteiger partial charge in [-0.1, -0.05) is 0 Å². The van der Waals surface area contributed by atoms with Crippen molar-refractivity contribution in [3.63, 3.8) is 0 Å². The third-order valence-electron chi connectivity index (χ3n) is 5.56. The van der Waals surface area contributed by atoms with Crippen LogP contribution in [0.2, 0.25) is 0 Å². The van der Waals surface area contributed by atoms with Gasteiger partial charge in [0.15, 0.2) is 0 Å². The smallest absolute Gasteiger partial charge is 0.410 e. The Morgan fingerprint density at radius 2 is 1.93 bits per heavy atom. The Labute approximate surface area is 175 Å². The summed E-state index contributed by atoms with van der Waals surface area (Å²) < 4.78 is 10.8. The normalized spacial score (nSPS) is 21.3. The van der Waals surface area contributed by atoms with Crippen molar-refractivity contribution in [1.29, 1.82) is 0 Å². The lowest BCUT2D eigenvalue weighted by atomic mass is 9.71. The molecular formula is C20H29N3O5S. The average molecular weight is 424 g/mol. The van der Waals surface area contributed by atoms with Crippen LogP contribution >= 0.6 is 11.3 Å². The molecule has 2 amide bonds. The van der Waals surface area contributed by atoms with E-state index in [9.17, 15) is 14.4 Å². The first-order chi connectivity index (χ1) is 13.6. The molecule has 1 aromatic heterocycles. The molecule has 3 rings (SSSR count). The molecule has 1 atom stereocenters. The molecule has 2 saturated heterocycles. The zero-order chi connectivity index (χ0) is 21.2. The topological polar surface area (TPSA) is 89.0 Å². The predicted octanol–water partition coefficient (Wildman–Crippen LogP) is 2.80. The van der Waals surface area contributed by atoms with Crippen LogP contribution < -0.4 is 0 Å². The Morgan fingerprint density at radius 3 is 2.48 bits per heavy atom. The van der Waals surface area contributed by atoms with Crippen LogP contribution in [0.1, 0.15) is 50.2 Å². The Balaban J connectivity index is 1.74. The van der Waals surface area contributed by atoms with Gasteiger partial charge in [-0.15, -0.1) is 11.3 Å². The van der Waals surface area contributed by atoms with Gasteiger partial charge >= 0.3 is 12.1 Å². The molecule has 0 aromatic carbocycles. The second-order valence-corrected chi connectivity index (χ2v) is 9.57. The second-order valence-electron chi connectivity index (χ2n) is 8.69. The van der Waals surface area contributed by atoms with Crippen LogP contribution in [-0.4, -0.2) is 71.1 Å². The van der Waals surface area contributed by atoms with Crippen molar-refractivity contribution in [1.82, 2.24) is 14.8 Å². The van der Waals surface area contributed by atoms with Crippen molar-refractivity contribution in [2.45, 2.75) is 46.1 Å². The van der Waals surface area contributed by atoms with Crippen LogP contribution in [0.4, 0.5) is 4.79 Å². The van der Waals surface area contributed by atoms with Crippen molar-refractivity contribution >= 4 is 29.3 Å². The van der Waals surface area contributed by atoms with E-state index < -0.39 is 5.60 Å². The highest BCUT2D eigenvalue weighted by Crippen LogP contribution is 2.46. The third kappa shape index (κ3) is 4.71. The molecule has 160 valence electrons. The first kappa shape index (κ1) is 21.5. The lowest BCUT2D eigenvalue weighted by molar-refractivity contribution is -0.152. The monoisotopic (exact) mass is 423 g/mol. The van der Waals surface area contributed by atoms with Gasteiger partial charge in [0.25, 0.3) is 5.91 Å². The van der Waals surface area contributed by atoms with Crippen molar-refractivity contribution in [2.75, 3.05) is 32.8 Å². The molecule has 2 fully saturated rings. The zero-order valence-corrected chi connectivity index (χ0v) is 18.3. The number of carbonyl (C=O) groups is 3. The summed E-state index contributed by atoms with van der Waals surface area (Å²) in [6, 6.07) is 0. The number of hydrogen-bond donors (Lipinski definition) is 0. The largest absolute Gasteiger partial charge is 0.466 e.